The lowest BCUT2D eigenvalue weighted by Gasteiger charge is -2.53. The minimum atomic E-state index is -0.564. The van der Waals surface area contributed by atoms with Gasteiger partial charge in [-0.05, 0) is 63.7 Å². The summed E-state index contributed by atoms with van der Waals surface area (Å²) in [6.07, 6.45) is 10.5. The molecule has 2 heterocycles. The van der Waals surface area contributed by atoms with Gasteiger partial charge in [-0.1, -0.05) is 55.7 Å². The lowest BCUT2D eigenvalue weighted by atomic mass is 10.0. The van der Waals surface area contributed by atoms with Gasteiger partial charge in [0, 0.05) is 20.1 Å². The van der Waals surface area contributed by atoms with E-state index in [1.807, 2.05) is 39.2 Å². The van der Waals surface area contributed by atoms with Crippen LogP contribution >= 0.6 is 0 Å². The van der Waals surface area contributed by atoms with E-state index in [4.69, 9.17) is 0 Å². The van der Waals surface area contributed by atoms with Crippen LogP contribution in [0.4, 0.5) is 4.39 Å². The number of hydrazine groups is 1. The second-order valence-electron chi connectivity index (χ2n) is 9.92. The van der Waals surface area contributed by atoms with Gasteiger partial charge in [0.25, 0.3) is 6.47 Å². The summed E-state index contributed by atoms with van der Waals surface area (Å²) in [6.45, 7) is 12.0. The van der Waals surface area contributed by atoms with Gasteiger partial charge in [-0.3, -0.25) is 24.2 Å². The summed E-state index contributed by atoms with van der Waals surface area (Å²) < 4.78 is 16.5. The molecule has 44 heavy (non-hydrogen) atoms. The lowest BCUT2D eigenvalue weighted by molar-refractivity contribution is -0.196. The van der Waals surface area contributed by atoms with E-state index in [0.29, 0.717) is 26.0 Å². The van der Waals surface area contributed by atoms with Gasteiger partial charge in [0.15, 0.2) is 0 Å². The highest BCUT2D eigenvalue weighted by atomic mass is 19.1. The van der Waals surface area contributed by atoms with Crippen molar-refractivity contribution < 1.29 is 28.3 Å². The fourth-order valence-corrected chi connectivity index (χ4v) is 4.74. The van der Waals surface area contributed by atoms with Crippen molar-refractivity contribution in [2.45, 2.75) is 38.5 Å². The largest absolute Gasteiger partial charge is 0.464 e. The zero-order valence-corrected chi connectivity index (χ0v) is 26.3. The van der Waals surface area contributed by atoms with E-state index in [0.717, 1.165) is 37.1 Å². The highest BCUT2D eigenvalue weighted by Crippen LogP contribution is 2.27. The van der Waals surface area contributed by atoms with E-state index >= 15 is 0 Å². The van der Waals surface area contributed by atoms with Gasteiger partial charge in [0.1, 0.15) is 24.6 Å². The van der Waals surface area contributed by atoms with E-state index in [9.17, 15) is 23.6 Å². The van der Waals surface area contributed by atoms with Gasteiger partial charge in [0.05, 0.1) is 13.1 Å². The molecule has 3 amide bonds. The van der Waals surface area contributed by atoms with Gasteiger partial charge in [-0.25, -0.2) is 9.40 Å². The molecule has 0 spiro atoms. The van der Waals surface area contributed by atoms with Gasteiger partial charge in [-0.15, -0.1) is 0 Å². The quantitative estimate of drug-likeness (QED) is 0.142. The van der Waals surface area contributed by atoms with Crippen molar-refractivity contribution in [2.75, 3.05) is 53.9 Å². The Morgan fingerprint density at radius 2 is 1.84 bits per heavy atom. The van der Waals surface area contributed by atoms with Crippen LogP contribution in [0.15, 0.2) is 73.4 Å². The average molecular weight is 615 g/mol. The molecular formula is C32H47FN6O5. The molecule has 2 aliphatic heterocycles. The number of nitrogens with one attached hydrogen (secondary N) is 2. The Kier molecular flexibility index (Phi) is 18.6. The van der Waals surface area contributed by atoms with Gasteiger partial charge >= 0.3 is 0 Å². The number of fused-ring (bicyclic) bond motifs is 1. The first-order valence-electron chi connectivity index (χ1n) is 14.4. The van der Waals surface area contributed by atoms with Gasteiger partial charge < -0.3 is 25.2 Å². The van der Waals surface area contributed by atoms with Crippen molar-refractivity contribution in [2.24, 2.45) is 0 Å². The molecule has 0 saturated carbocycles. The molecule has 2 atom stereocenters. The second-order valence-corrected chi connectivity index (χ2v) is 9.92. The first-order chi connectivity index (χ1) is 21.2. The van der Waals surface area contributed by atoms with Crippen molar-refractivity contribution >= 4 is 24.7 Å². The molecule has 3 rings (SSSR count). The Balaban J connectivity index is 0.000000492. The van der Waals surface area contributed by atoms with Crippen LogP contribution in [-0.2, 0) is 30.5 Å². The number of ether oxygens (including phenoxy) is 1. The Morgan fingerprint density at radius 1 is 1.14 bits per heavy atom. The minimum Gasteiger partial charge on any atom is -0.464 e. The minimum absolute atomic E-state index is 0.0735. The summed E-state index contributed by atoms with van der Waals surface area (Å²) in [5.41, 5.74) is 2.05. The Labute approximate surface area is 260 Å². The van der Waals surface area contributed by atoms with Crippen molar-refractivity contribution in [3.8, 4) is 0 Å². The highest BCUT2D eigenvalue weighted by Gasteiger charge is 2.48. The standard InChI is InChI=1S/C20H31N5O3.C8H10FN.C4H6O2/c1-5-8-16(9-6-2)12-23-13-18-24(15-26)22(4)14-19(27)25(18)17(20(23)28)10-7-11-21-3;1-10-6-7-2-4-8(9)5-3-7;1-2-3-6-4-5/h5-6,8-9,15,17-18,21H,1,7,10-14H2,2-4H3;2-5,10H,6H2,1H3;2,4H,1,3H2/b9-6-,16-8+;;/t17-,18?;;/m0../s1. The molecule has 12 heteroatoms. The molecule has 0 bridgehead atoms. The first kappa shape index (κ1) is 37.9. The normalized spacial score (nSPS) is 18.5. The SMILES string of the molecule is C=C/C=C(\C=C/C)CN1CC2N(C(=O)CN(C)N2C=O)[C@@H](CCCNC)C1=O.C=CCOC=O.CNCc1ccc(F)cc1. The predicted octanol–water partition coefficient (Wildman–Crippen LogP) is 2.25. The van der Waals surface area contributed by atoms with Crippen LogP contribution in [-0.4, -0.2) is 111 Å². The van der Waals surface area contributed by atoms with Crippen LogP contribution < -0.4 is 10.6 Å². The van der Waals surface area contributed by atoms with Crippen LogP contribution in [0.3, 0.4) is 0 Å². The smallest absolute Gasteiger partial charge is 0.293 e. The zero-order valence-electron chi connectivity index (χ0n) is 26.3. The monoisotopic (exact) mass is 614 g/mol. The summed E-state index contributed by atoms with van der Waals surface area (Å²) in [6, 6.07) is 5.91. The maximum Gasteiger partial charge on any atom is 0.293 e. The number of nitrogens with zero attached hydrogens (tertiary/aromatic N) is 4. The third-order valence-electron chi connectivity index (χ3n) is 6.66. The molecule has 0 aromatic heterocycles. The molecule has 1 aromatic rings. The maximum absolute atomic E-state index is 13.3. The molecule has 2 saturated heterocycles. The predicted molar refractivity (Wildman–Crippen MR) is 169 cm³/mol. The maximum atomic E-state index is 13.3. The fourth-order valence-electron chi connectivity index (χ4n) is 4.74. The molecule has 242 valence electrons. The number of piperazine rings is 1. The highest BCUT2D eigenvalue weighted by molar-refractivity contribution is 5.91. The third kappa shape index (κ3) is 12.2. The molecule has 0 aliphatic carbocycles. The Hall–Kier alpha value is -4.13. The molecule has 1 unspecified atom stereocenters. The summed E-state index contributed by atoms with van der Waals surface area (Å²) in [4.78, 5) is 50.3. The molecule has 11 nitrogen and oxygen atoms in total. The van der Waals surface area contributed by atoms with E-state index in [1.165, 1.54) is 23.2 Å². The van der Waals surface area contributed by atoms with Crippen LogP contribution in [0, 0.1) is 5.82 Å². The Morgan fingerprint density at radius 3 is 2.36 bits per heavy atom. The zero-order chi connectivity index (χ0) is 32.9. The van der Waals surface area contributed by atoms with Crippen LogP contribution in [0.5, 0.6) is 0 Å². The summed E-state index contributed by atoms with van der Waals surface area (Å²) in [5.74, 6) is -0.376. The topological polar surface area (TPSA) is 115 Å². The lowest BCUT2D eigenvalue weighted by Crippen LogP contribution is -2.74. The molecule has 2 aliphatic rings. The first-order valence-corrected chi connectivity index (χ1v) is 14.4. The number of benzene rings is 1. The number of amides is 3. The van der Waals surface area contributed by atoms with Crippen LogP contribution in [0.25, 0.3) is 0 Å². The number of halogens is 1. The number of hydrogen-bond donors (Lipinski definition) is 2. The second kappa shape index (κ2) is 21.5. The van der Waals surface area contributed by atoms with Crippen molar-refractivity contribution in [3.05, 3.63) is 84.8 Å². The number of allylic oxidation sites excluding steroid dienone is 3. The van der Waals surface area contributed by atoms with E-state index < -0.39 is 12.2 Å². The number of rotatable bonds is 14. The molecule has 0 radical (unpaired) electrons. The van der Waals surface area contributed by atoms with Crippen molar-refractivity contribution in [1.82, 2.24) is 30.5 Å². The number of likely N-dealkylation sites (N-methyl/N-ethyl adjacent to an activating group) is 1. The number of carbonyl (C=O) groups excluding carboxylic acids is 4. The van der Waals surface area contributed by atoms with Crippen LogP contribution in [0.2, 0.25) is 0 Å². The van der Waals surface area contributed by atoms with E-state index in [1.54, 1.807) is 40.1 Å². The third-order valence-corrected chi connectivity index (χ3v) is 6.66. The summed E-state index contributed by atoms with van der Waals surface area (Å²) >= 11 is 0. The van der Waals surface area contributed by atoms with Crippen molar-refractivity contribution in [1.29, 1.82) is 0 Å². The molecular weight excluding hydrogens is 567 g/mol. The van der Waals surface area contributed by atoms with Crippen LogP contribution in [0.1, 0.15) is 25.3 Å². The summed E-state index contributed by atoms with van der Waals surface area (Å²) in [7, 11) is 5.43. The van der Waals surface area contributed by atoms with Gasteiger partial charge in [0.2, 0.25) is 18.2 Å². The Bertz CT molecular complexity index is 1120. The number of hydrogen-bond acceptors (Lipinski definition) is 8. The van der Waals surface area contributed by atoms with E-state index in [2.05, 4.69) is 28.5 Å². The number of carbonyl (C=O) groups is 4. The molecule has 2 fully saturated rings. The molecule has 2 N–H and O–H groups in total. The summed E-state index contributed by atoms with van der Waals surface area (Å²) in [5, 5.41) is 9.18. The fraction of sp³-hybridized carbons (Fsp3) is 0.438. The molecule has 1 aromatic carbocycles. The average Bonchev–Trinajstić information content (AvgIpc) is 3.00. The van der Waals surface area contributed by atoms with Crippen molar-refractivity contribution in [3.63, 3.8) is 0 Å². The van der Waals surface area contributed by atoms with Gasteiger partial charge in [-0.2, -0.15) is 0 Å². The van der Waals surface area contributed by atoms with E-state index in [-0.39, 0.29) is 30.7 Å².